The minimum Gasteiger partial charge on any atom is -0.490 e. The molecular formula is C32H32N10O2. The molecule has 12 nitrogen and oxygen atoms in total. The number of hydrogen-bond donors (Lipinski definition) is 0. The second-order valence-electron chi connectivity index (χ2n) is 12.1. The Morgan fingerprint density at radius 3 is 2.66 bits per heavy atom. The van der Waals surface area contributed by atoms with Gasteiger partial charge in [-0.2, -0.15) is 15.6 Å². The number of aromatic nitrogens is 5. The van der Waals surface area contributed by atoms with Gasteiger partial charge >= 0.3 is 0 Å². The zero-order chi connectivity index (χ0) is 30.4. The van der Waals surface area contributed by atoms with Crippen molar-refractivity contribution in [1.29, 1.82) is 10.5 Å². The van der Waals surface area contributed by atoms with Crippen LogP contribution < -0.4 is 14.5 Å². The summed E-state index contributed by atoms with van der Waals surface area (Å²) in [6, 6.07) is 11.3. The summed E-state index contributed by atoms with van der Waals surface area (Å²) in [5, 5.41) is 28.2. The van der Waals surface area contributed by atoms with Crippen molar-refractivity contribution in [3.63, 3.8) is 0 Å². The molecular weight excluding hydrogens is 556 g/mol. The molecule has 0 spiro atoms. The molecule has 0 saturated carbocycles. The van der Waals surface area contributed by atoms with Crippen LogP contribution in [-0.2, 0) is 6.54 Å². The summed E-state index contributed by atoms with van der Waals surface area (Å²) < 4.78 is 12.8. The highest BCUT2D eigenvalue weighted by Crippen LogP contribution is 2.37. The first-order valence-corrected chi connectivity index (χ1v) is 14.6. The number of nitriles is 2. The highest BCUT2D eigenvalue weighted by molar-refractivity contribution is 5.84. The van der Waals surface area contributed by atoms with E-state index >= 15 is 0 Å². The van der Waals surface area contributed by atoms with Crippen molar-refractivity contribution in [1.82, 2.24) is 34.5 Å². The van der Waals surface area contributed by atoms with E-state index in [1.54, 1.807) is 24.0 Å². The average Bonchev–Trinajstić information content (AvgIpc) is 3.49. The highest BCUT2D eigenvalue weighted by atomic mass is 16.5. The van der Waals surface area contributed by atoms with E-state index in [-0.39, 0.29) is 6.61 Å². The van der Waals surface area contributed by atoms with E-state index in [2.05, 4.69) is 49.3 Å². The smallest absolute Gasteiger partial charge is 0.212 e. The number of methoxy groups -OCH3 is 1. The summed E-state index contributed by atoms with van der Waals surface area (Å²) in [4.78, 5) is 16.8. The maximum absolute atomic E-state index is 9.78. The van der Waals surface area contributed by atoms with E-state index in [1.807, 2.05) is 38.3 Å². The molecule has 4 aromatic heterocycles. The van der Waals surface area contributed by atoms with Crippen LogP contribution in [0.4, 0.5) is 5.82 Å². The summed E-state index contributed by atoms with van der Waals surface area (Å²) >= 11 is 0. The summed E-state index contributed by atoms with van der Waals surface area (Å²) in [5.74, 6) is 1.98. The van der Waals surface area contributed by atoms with Gasteiger partial charge in [0.15, 0.2) is 5.82 Å². The second kappa shape index (κ2) is 10.9. The van der Waals surface area contributed by atoms with Crippen LogP contribution >= 0.6 is 0 Å². The van der Waals surface area contributed by atoms with Crippen LogP contribution in [0.2, 0.25) is 0 Å². The largest absolute Gasteiger partial charge is 0.490 e. The SMILES string of the molecule is COc1ccc(CN2C3CC2CN(N2CC=Cc4nc(-c5cc(OCC(C)(C)C#N)cn6ncc(C#N)c56)cnc42)C3)cn1. The van der Waals surface area contributed by atoms with Gasteiger partial charge in [0, 0.05) is 49.5 Å². The molecule has 4 aliphatic heterocycles. The monoisotopic (exact) mass is 588 g/mol. The minimum atomic E-state index is -0.657. The van der Waals surface area contributed by atoms with E-state index in [1.165, 1.54) is 18.2 Å². The van der Waals surface area contributed by atoms with Crippen molar-refractivity contribution in [2.45, 2.75) is 38.9 Å². The van der Waals surface area contributed by atoms with Crippen LogP contribution in [0.25, 0.3) is 22.9 Å². The lowest BCUT2D eigenvalue weighted by Crippen LogP contribution is -2.71. The van der Waals surface area contributed by atoms with Crippen molar-refractivity contribution < 1.29 is 9.47 Å². The number of hydrogen-bond acceptors (Lipinski definition) is 11. The molecule has 4 aliphatic rings. The van der Waals surface area contributed by atoms with Gasteiger partial charge in [-0.15, -0.1) is 0 Å². The van der Waals surface area contributed by atoms with Gasteiger partial charge in [-0.3, -0.25) is 9.91 Å². The van der Waals surface area contributed by atoms with Crippen LogP contribution in [0.5, 0.6) is 11.6 Å². The summed E-state index contributed by atoms with van der Waals surface area (Å²) in [6.07, 6.45) is 12.2. The van der Waals surface area contributed by atoms with E-state index in [9.17, 15) is 10.5 Å². The van der Waals surface area contributed by atoms with Crippen molar-refractivity contribution in [3.05, 3.63) is 65.9 Å². The minimum absolute atomic E-state index is 0.209. The molecule has 3 fully saturated rings. The Kier molecular flexibility index (Phi) is 6.88. The molecule has 4 aromatic rings. The third kappa shape index (κ3) is 4.98. The van der Waals surface area contributed by atoms with Gasteiger partial charge in [0.25, 0.3) is 0 Å². The fourth-order valence-corrected chi connectivity index (χ4v) is 6.14. The molecule has 44 heavy (non-hydrogen) atoms. The first-order valence-electron chi connectivity index (χ1n) is 14.6. The lowest BCUT2D eigenvalue weighted by atomic mass is 9.87. The number of piperidine rings is 1. The third-order valence-corrected chi connectivity index (χ3v) is 8.50. The van der Waals surface area contributed by atoms with Gasteiger partial charge < -0.3 is 9.47 Å². The number of hydrazine groups is 1. The average molecular weight is 589 g/mol. The fraction of sp³-hybridized carbons (Fsp3) is 0.375. The molecule has 0 aromatic carbocycles. The van der Waals surface area contributed by atoms with Crippen LogP contribution in [0.15, 0.2) is 49.1 Å². The lowest BCUT2D eigenvalue weighted by molar-refractivity contribution is -0.0781. The van der Waals surface area contributed by atoms with Gasteiger partial charge in [0.05, 0.1) is 60.5 Å². The van der Waals surface area contributed by atoms with Gasteiger partial charge in [0.1, 0.15) is 24.1 Å². The molecule has 2 atom stereocenters. The molecule has 8 rings (SSSR count). The van der Waals surface area contributed by atoms with E-state index in [0.717, 1.165) is 37.7 Å². The number of rotatable bonds is 8. The number of ether oxygens (including phenoxy) is 2. The number of nitrogens with zero attached hydrogens (tertiary/aromatic N) is 10. The first kappa shape index (κ1) is 27.8. The molecule has 2 bridgehead atoms. The Balaban J connectivity index is 1.13. The molecule has 0 radical (unpaired) electrons. The third-order valence-electron chi connectivity index (χ3n) is 8.50. The number of anilines is 1. The Morgan fingerprint density at radius 2 is 1.93 bits per heavy atom. The molecule has 0 aliphatic carbocycles. The number of pyridine rings is 2. The Labute approximate surface area is 255 Å². The van der Waals surface area contributed by atoms with Crippen LogP contribution in [0, 0.1) is 28.1 Å². The maximum Gasteiger partial charge on any atom is 0.212 e. The van der Waals surface area contributed by atoms with Crippen molar-refractivity contribution >= 4 is 17.4 Å². The standard InChI is InChI=1S/C32H32N10O2/c1-32(2,19-34)20-44-25-10-26(30-22(11-33)13-37-41(30)18-25)28-14-36-31-27(38-28)5-4-8-42(31)39-16-23-9-24(17-39)40(23)15-21-6-7-29(43-3)35-12-21/h4-7,10,12-14,18,23-24H,8-9,15-17,20H2,1-3H3. The zero-order valence-corrected chi connectivity index (χ0v) is 24.9. The molecule has 0 N–H and O–H groups in total. The topological polar surface area (TPSA) is 132 Å². The molecule has 12 heteroatoms. The van der Waals surface area contributed by atoms with Crippen LogP contribution in [0.1, 0.15) is 37.1 Å². The zero-order valence-electron chi connectivity index (χ0n) is 24.9. The van der Waals surface area contributed by atoms with Crippen molar-refractivity contribution in [3.8, 4) is 35.0 Å². The molecule has 0 amide bonds. The maximum atomic E-state index is 9.78. The number of fused-ring (bicyclic) bond motifs is 4. The first-order chi connectivity index (χ1) is 21.4. The number of piperazine rings is 1. The summed E-state index contributed by atoms with van der Waals surface area (Å²) in [7, 11) is 1.63. The second-order valence-corrected chi connectivity index (χ2v) is 12.1. The lowest BCUT2D eigenvalue weighted by Gasteiger charge is -2.58. The quantitative estimate of drug-likeness (QED) is 0.298. The van der Waals surface area contributed by atoms with Crippen molar-refractivity contribution in [2.24, 2.45) is 5.41 Å². The Hall–Kier alpha value is -5.04. The van der Waals surface area contributed by atoms with Gasteiger partial charge in [0.2, 0.25) is 5.88 Å². The van der Waals surface area contributed by atoms with Crippen molar-refractivity contribution in [2.75, 3.05) is 38.4 Å². The Morgan fingerprint density at radius 1 is 1.09 bits per heavy atom. The normalized spacial score (nSPS) is 19.6. The predicted molar refractivity (Wildman–Crippen MR) is 162 cm³/mol. The van der Waals surface area contributed by atoms with Gasteiger partial charge in [-0.05, 0) is 38.0 Å². The van der Waals surface area contributed by atoms with E-state index in [4.69, 9.17) is 19.4 Å². The summed E-state index contributed by atoms with van der Waals surface area (Å²) in [5.41, 5.74) is 3.67. The van der Waals surface area contributed by atoms with Crippen LogP contribution in [-0.4, -0.2) is 79.9 Å². The van der Waals surface area contributed by atoms with E-state index in [0.29, 0.717) is 46.1 Å². The highest BCUT2D eigenvalue weighted by Gasteiger charge is 2.46. The Bertz CT molecular complexity index is 1820. The molecule has 8 heterocycles. The molecule has 222 valence electrons. The molecule has 3 saturated heterocycles. The van der Waals surface area contributed by atoms with Gasteiger partial charge in [-0.25, -0.2) is 24.5 Å². The van der Waals surface area contributed by atoms with E-state index < -0.39 is 5.41 Å². The molecule has 2 unspecified atom stereocenters. The van der Waals surface area contributed by atoms with Gasteiger partial charge in [-0.1, -0.05) is 12.1 Å². The van der Waals surface area contributed by atoms with Crippen LogP contribution in [0.3, 0.4) is 0 Å². The fourth-order valence-electron chi connectivity index (χ4n) is 6.14. The predicted octanol–water partition coefficient (Wildman–Crippen LogP) is 3.70. The summed E-state index contributed by atoms with van der Waals surface area (Å²) in [6.45, 7) is 7.29.